The van der Waals surface area contributed by atoms with Gasteiger partial charge in [-0.1, -0.05) is 12.1 Å². The Kier molecular flexibility index (Phi) is 5.70. The van der Waals surface area contributed by atoms with E-state index in [0.29, 0.717) is 17.9 Å². The molecule has 4 aromatic rings. The summed E-state index contributed by atoms with van der Waals surface area (Å²) in [7, 11) is 1.37. The molecule has 3 heterocycles. The molecule has 0 saturated carbocycles. The first-order chi connectivity index (χ1) is 15.1. The monoisotopic (exact) mass is 414 g/mol. The molecular weight excluding hydrogens is 392 g/mol. The van der Waals surface area contributed by atoms with Gasteiger partial charge in [0, 0.05) is 29.8 Å². The van der Waals surface area contributed by atoms with Crippen molar-refractivity contribution in [1.29, 1.82) is 0 Å². The number of hydrogen-bond donors (Lipinski definition) is 1. The SMILES string of the molecule is COC(=O)c1ccc(CN(c2cnccn2)c2cc(-c3c(C)n[nH]c3C)ccn2)cc1. The van der Waals surface area contributed by atoms with Gasteiger partial charge in [0.1, 0.15) is 5.82 Å². The van der Waals surface area contributed by atoms with E-state index < -0.39 is 0 Å². The third-order valence-corrected chi connectivity index (χ3v) is 4.98. The van der Waals surface area contributed by atoms with Crippen molar-refractivity contribution < 1.29 is 9.53 Å². The largest absolute Gasteiger partial charge is 0.465 e. The third kappa shape index (κ3) is 4.28. The number of aromatic amines is 1. The topological polar surface area (TPSA) is 96.9 Å². The predicted molar refractivity (Wildman–Crippen MR) is 117 cm³/mol. The number of methoxy groups -OCH3 is 1. The molecule has 0 amide bonds. The summed E-state index contributed by atoms with van der Waals surface area (Å²) in [4.78, 5) is 27.0. The zero-order chi connectivity index (χ0) is 21.8. The molecule has 1 N–H and O–H groups in total. The lowest BCUT2D eigenvalue weighted by atomic mass is 10.0. The summed E-state index contributed by atoms with van der Waals surface area (Å²) in [5.41, 5.74) is 5.50. The summed E-state index contributed by atoms with van der Waals surface area (Å²) >= 11 is 0. The van der Waals surface area contributed by atoms with Crippen LogP contribution >= 0.6 is 0 Å². The van der Waals surface area contributed by atoms with Gasteiger partial charge in [-0.05, 0) is 49.2 Å². The van der Waals surface area contributed by atoms with Crippen molar-refractivity contribution in [3.63, 3.8) is 0 Å². The minimum atomic E-state index is -0.363. The van der Waals surface area contributed by atoms with Crippen molar-refractivity contribution in [3.8, 4) is 11.1 Å². The summed E-state index contributed by atoms with van der Waals surface area (Å²) < 4.78 is 4.78. The van der Waals surface area contributed by atoms with Gasteiger partial charge in [0.2, 0.25) is 0 Å². The number of rotatable bonds is 6. The number of benzene rings is 1. The number of carbonyl (C=O) groups is 1. The maximum absolute atomic E-state index is 11.7. The van der Waals surface area contributed by atoms with Gasteiger partial charge in [0.25, 0.3) is 0 Å². The molecule has 4 rings (SSSR count). The highest BCUT2D eigenvalue weighted by molar-refractivity contribution is 5.89. The van der Waals surface area contributed by atoms with E-state index in [0.717, 1.165) is 33.9 Å². The molecule has 1 aromatic carbocycles. The molecule has 0 radical (unpaired) electrons. The van der Waals surface area contributed by atoms with Crippen molar-refractivity contribution in [2.45, 2.75) is 20.4 Å². The van der Waals surface area contributed by atoms with E-state index in [1.54, 1.807) is 36.9 Å². The molecule has 0 aliphatic heterocycles. The third-order valence-electron chi connectivity index (χ3n) is 4.98. The molecular formula is C23H22N6O2. The van der Waals surface area contributed by atoms with Gasteiger partial charge in [-0.15, -0.1) is 0 Å². The molecule has 0 aliphatic rings. The Balaban J connectivity index is 1.71. The lowest BCUT2D eigenvalue weighted by molar-refractivity contribution is 0.0600. The number of H-pyrrole nitrogens is 1. The van der Waals surface area contributed by atoms with Crippen LogP contribution < -0.4 is 4.90 Å². The van der Waals surface area contributed by atoms with E-state index in [4.69, 9.17) is 4.74 Å². The summed E-state index contributed by atoms with van der Waals surface area (Å²) in [5.74, 6) is 1.04. The number of carbonyl (C=O) groups excluding carboxylic acids is 1. The second-order valence-electron chi connectivity index (χ2n) is 7.05. The first-order valence-electron chi connectivity index (χ1n) is 9.75. The minimum Gasteiger partial charge on any atom is -0.465 e. The second kappa shape index (κ2) is 8.74. The quantitative estimate of drug-likeness (QED) is 0.476. The number of ether oxygens (including phenoxy) is 1. The van der Waals surface area contributed by atoms with Crippen molar-refractivity contribution in [2.75, 3.05) is 12.0 Å². The molecule has 31 heavy (non-hydrogen) atoms. The molecule has 0 fully saturated rings. The number of nitrogens with one attached hydrogen (secondary N) is 1. The highest BCUT2D eigenvalue weighted by Crippen LogP contribution is 2.30. The number of esters is 1. The van der Waals surface area contributed by atoms with Crippen molar-refractivity contribution >= 4 is 17.6 Å². The Morgan fingerprint density at radius 1 is 1.03 bits per heavy atom. The summed E-state index contributed by atoms with van der Waals surface area (Å²) in [6.07, 6.45) is 6.76. The number of aromatic nitrogens is 5. The molecule has 8 nitrogen and oxygen atoms in total. The van der Waals surface area contributed by atoms with Crippen molar-refractivity contribution in [2.24, 2.45) is 0 Å². The first kappa shape index (κ1) is 20.2. The van der Waals surface area contributed by atoms with Gasteiger partial charge in [-0.25, -0.2) is 14.8 Å². The minimum absolute atomic E-state index is 0.363. The summed E-state index contributed by atoms with van der Waals surface area (Å²) in [5, 5.41) is 7.33. The number of aryl methyl sites for hydroxylation is 2. The van der Waals surface area contributed by atoms with Gasteiger partial charge < -0.3 is 9.64 Å². The second-order valence-corrected chi connectivity index (χ2v) is 7.05. The van der Waals surface area contributed by atoms with Crippen LogP contribution in [0.1, 0.15) is 27.3 Å². The van der Waals surface area contributed by atoms with Crippen LogP contribution in [0.2, 0.25) is 0 Å². The lowest BCUT2D eigenvalue weighted by Gasteiger charge is -2.23. The van der Waals surface area contributed by atoms with Crippen LogP contribution in [0.15, 0.2) is 61.2 Å². The fourth-order valence-corrected chi connectivity index (χ4v) is 3.45. The highest BCUT2D eigenvalue weighted by Gasteiger charge is 2.16. The summed E-state index contributed by atoms with van der Waals surface area (Å²) in [6.45, 7) is 4.47. The fraction of sp³-hybridized carbons (Fsp3) is 0.174. The average Bonchev–Trinajstić information content (AvgIpc) is 3.15. The molecule has 0 spiro atoms. The molecule has 8 heteroatoms. The van der Waals surface area contributed by atoms with Crippen LogP contribution in [0.25, 0.3) is 11.1 Å². The highest BCUT2D eigenvalue weighted by atomic mass is 16.5. The zero-order valence-electron chi connectivity index (χ0n) is 17.5. The van der Waals surface area contributed by atoms with Crippen molar-refractivity contribution in [3.05, 3.63) is 83.7 Å². The van der Waals surface area contributed by atoms with E-state index in [1.807, 2.05) is 43.0 Å². The number of pyridine rings is 1. The predicted octanol–water partition coefficient (Wildman–Crippen LogP) is 4.00. The van der Waals surface area contributed by atoms with Crippen LogP contribution in [0, 0.1) is 13.8 Å². The standard InChI is InChI=1S/C23H22N6O2/c1-15-22(16(2)28-27-15)19-8-9-25-20(12-19)29(21-13-24-10-11-26-21)14-17-4-6-18(7-5-17)23(30)31-3/h4-13H,14H2,1-3H3,(H,27,28). The number of nitrogens with zero attached hydrogens (tertiary/aromatic N) is 5. The maximum atomic E-state index is 11.7. The van der Waals surface area contributed by atoms with Crippen LogP contribution in [-0.4, -0.2) is 38.2 Å². The molecule has 0 aliphatic carbocycles. The smallest absolute Gasteiger partial charge is 0.337 e. The lowest BCUT2D eigenvalue weighted by Crippen LogP contribution is -2.19. The van der Waals surface area contributed by atoms with Gasteiger partial charge in [-0.3, -0.25) is 10.1 Å². The average molecular weight is 414 g/mol. The van der Waals surface area contributed by atoms with E-state index >= 15 is 0 Å². The van der Waals surface area contributed by atoms with Crippen molar-refractivity contribution in [1.82, 2.24) is 25.1 Å². The Hall–Kier alpha value is -4.07. The number of anilines is 2. The van der Waals surface area contributed by atoms with Gasteiger partial charge in [0.05, 0.1) is 31.1 Å². The Labute approximate surface area is 180 Å². The Morgan fingerprint density at radius 3 is 2.45 bits per heavy atom. The van der Waals surface area contributed by atoms with Crippen LogP contribution in [0.4, 0.5) is 11.6 Å². The maximum Gasteiger partial charge on any atom is 0.337 e. The van der Waals surface area contributed by atoms with E-state index in [2.05, 4.69) is 25.1 Å². The first-order valence-corrected chi connectivity index (χ1v) is 9.75. The normalized spacial score (nSPS) is 10.7. The van der Waals surface area contributed by atoms with E-state index in [1.165, 1.54) is 7.11 Å². The van der Waals surface area contributed by atoms with E-state index in [-0.39, 0.29) is 5.97 Å². The molecule has 0 atom stereocenters. The van der Waals surface area contributed by atoms with Gasteiger partial charge in [-0.2, -0.15) is 5.10 Å². The number of hydrogen-bond acceptors (Lipinski definition) is 7. The zero-order valence-corrected chi connectivity index (χ0v) is 17.5. The Morgan fingerprint density at radius 2 is 1.81 bits per heavy atom. The van der Waals surface area contributed by atoms with Gasteiger partial charge in [0.15, 0.2) is 5.82 Å². The fourth-order valence-electron chi connectivity index (χ4n) is 3.45. The van der Waals surface area contributed by atoms with Crippen LogP contribution in [0.3, 0.4) is 0 Å². The molecule has 156 valence electrons. The van der Waals surface area contributed by atoms with Crippen LogP contribution in [-0.2, 0) is 11.3 Å². The Bertz CT molecular complexity index is 1170. The van der Waals surface area contributed by atoms with Gasteiger partial charge >= 0.3 is 5.97 Å². The van der Waals surface area contributed by atoms with E-state index in [9.17, 15) is 4.79 Å². The molecule has 0 saturated heterocycles. The van der Waals surface area contributed by atoms with Crippen LogP contribution in [0.5, 0.6) is 0 Å². The molecule has 0 unspecified atom stereocenters. The molecule has 0 bridgehead atoms. The summed E-state index contributed by atoms with van der Waals surface area (Å²) in [6, 6.07) is 11.3. The molecule has 3 aromatic heterocycles.